The Hall–Kier alpha value is -2.34. The molecule has 1 aliphatic heterocycles. The van der Waals surface area contributed by atoms with Crippen molar-refractivity contribution in [3.05, 3.63) is 46.7 Å². The number of halogens is 1. The molecule has 6 nitrogen and oxygen atoms in total. The molecular weight excluding hydrogens is 316 g/mol. The molecule has 7 heteroatoms. The predicted molar refractivity (Wildman–Crippen MR) is 87.6 cm³/mol. The van der Waals surface area contributed by atoms with Crippen LogP contribution in [0.4, 0.5) is 5.69 Å². The van der Waals surface area contributed by atoms with Gasteiger partial charge in [0.1, 0.15) is 12.2 Å². The van der Waals surface area contributed by atoms with E-state index in [2.05, 4.69) is 10.2 Å². The number of benzene rings is 1. The lowest BCUT2D eigenvalue weighted by molar-refractivity contribution is -0.121. The van der Waals surface area contributed by atoms with Gasteiger partial charge >= 0.3 is 0 Å². The Morgan fingerprint density at radius 2 is 2.04 bits per heavy atom. The highest BCUT2D eigenvalue weighted by molar-refractivity contribution is 6.30. The summed E-state index contributed by atoms with van der Waals surface area (Å²) in [5.74, 6) is -0.350. The summed E-state index contributed by atoms with van der Waals surface area (Å²) in [5.41, 5.74) is 1.93. The number of nitrogens with zero attached hydrogens (tertiary/aromatic N) is 3. The number of aryl methyl sites for hydroxylation is 1. The molecule has 1 fully saturated rings. The van der Waals surface area contributed by atoms with Crippen molar-refractivity contribution in [2.75, 3.05) is 18.0 Å². The van der Waals surface area contributed by atoms with Gasteiger partial charge in [-0.1, -0.05) is 11.6 Å². The number of aromatic amines is 1. The van der Waals surface area contributed by atoms with Crippen molar-refractivity contribution < 1.29 is 9.59 Å². The minimum absolute atomic E-state index is 0.0362. The molecular formula is C16H17ClN4O2. The van der Waals surface area contributed by atoms with Gasteiger partial charge in [0.25, 0.3) is 5.91 Å². The molecule has 0 bridgehead atoms. The average Bonchev–Trinajstić information content (AvgIpc) is 2.96. The summed E-state index contributed by atoms with van der Waals surface area (Å²) >= 11 is 5.88. The zero-order chi connectivity index (χ0) is 16.6. The normalized spacial score (nSPS) is 18.4. The number of rotatable bonds is 2. The largest absolute Gasteiger partial charge is 0.323 e. The van der Waals surface area contributed by atoms with Gasteiger partial charge in [0, 0.05) is 29.0 Å². The SMILES string of the molecule is Cc1cc(C(=O)N2CC(=O)N(c3ccc(Cl)cc3)C[C@H]2C)n[nH]1. The molecule has 23 heavy (non-hydrogen) atoms. The van der Waals surface area contributed by atoms with Crippen molar-refractivity contribution in [1.29, 1.82) is 0 Å². The lowest BCUT2D eigenvalue weighted by Crippen LogP contribution is -2.57. The topological polar surface area (TPSA) is 69.3 Å². The van der Waals surface area contributed by atoms with Crippen molar-refractivity contribution in [2.24, 2.45) is 0 Å². The van der Waals surface area contributed by atoms with Gasteiger partial charge < -0.3 is 9.80 Å². The summed E-state index contributed by atoms with van der Waals surface area (Å²) in [4.78, 5) is 28.2. The molecule has 120 valence electrons. The molecule has 0 spiro atoms. The number of hydrogen-bond donors (Lipinski definition) is 1. The first-order chi connectivity index (χ1) is 11.0. The molecule has 0 radical (unpaired) electrons. The van der Waals surface area contributed by atoms with Crippen LogP contribution in [0.3, 0.4) is 0 Å². The second kappa shape index (κ2) is 6.04. The summed E-state index contributed by atoms with van der Waals surface area (Å²) in [5, 5.41) is 7.35. The van der Waals surface area contributed by atoms with E-state index < -0.39 is 0 Å². The van der Waals surface area contributed by atoms with E-state index in [4.69, 9.17) is 11.6 Å². The monoisotopic (exact) mass is 332 g/mol. The molecule has 1 saturated heterocycles. The van der Waals surface area contributed by atoms with E-state index in [1.54, 1.807) is 28.0 Å². The van der Waals surface area contributed by atoms with Gasteiger partial charge in [0.2, 0.25) is 5.91 Å². The molecule has 2 heterocycles. The van der Waals surface area contributed by atoms with Gasteiger partial charge in [0.05, 0.1) is 0 Å². The van der Waals surface area contributed by atoms with Crippen LogP contribution >= 0.6 is 11.6 Å². The Balaban J connectivity index is 1.78. The van der Waals surface area contributed by atoms with E-state index in [1.165, 1.54) is 0 Å². The quantitative estimate of drug-likeness (QED) is 0.917. The number of hydrogen-bond acceptors (Lipinski definition) is 3. The van der Waals surface area contributed by atoms with E-state index in [1.807, 2.05) is 26.0 Å². The summed E-state index contributed by atoms with van der Waals surface area (Å²) in [6.07, 6.45) is 0. The highest BCUT2D eigenvalue weighted by Crippen LogP contribution is 2.23. The standard InChI is InChI=1S/C16H17ClN4O2/c1-10-7-14(19-18-10)16(23)20-9-15(22)21(8-11(20)2)13-5-3-12(17)4-6-13/h3-7,11H,8-9H2,1-2H3,(H,18,19)/t11-/m1/s1. The molecule has 1 aromatic heterocycles. The van der Waals surface area contributed by atoms with Gasteiger partial charge in [-0.25, -0.2) is 0 Å². The molecule has 2 amide bonds. The number of H-pyrrole nitrogens is 1. The first-order valence-electron chi connectivity index (χ1n) is 7.34. The van der Waals surface area contributed by atoms with E-state index in [-0.39, 0.29) is 24.4 Å². The first kappa shape index (κ1) is 15.6. The van der Waals surface area contributed by atoms with Gasteiger partial charge in [0.15, 0.2) is 0 Å². The summed E-state index contributed by atoms with van der Waals surface area (Å²) in [6, 6.07) is 8.69. The third-order valence-electron chi connectivity index (χ3n) is 3.91. The van der Waals surface area contributed by atoms with E-state index in [0.717, 1.165) is 11.4 Å². The van der Waals surface area contributed by atoms with Gasteiger partial charge in [-0.3, -0.25) is 14.7 Å². The van der Waals surface area contributed by atoms with Crippen molar-refractivity contribution in [1.82, 2.24) is 15.1 Å². The second-order valence-electron chi connectivity index (χ2n) is 5.70. The lowest BCUT2D eigenvalue weighted by Gasteiger charge is -2.39. The van der Waals surface area contributed by atoms with Crippen LogP contribution in [0.1, 0.15) is 23.1 Å². The Bertz CT molecular complexity index is 741. The van der Waals surface area contributed by atoms with Crippen LogP contribution in [-0.2, 0) is 4.79 Å². The maximum Gasteiger partial charge on any atom is 0.275 e. The number of carbonyl (C=O) groups is 2. The summed E-state index contributed by atoms with van der Waals surface area (Å²) in [6.45, 7) is 4.23. The highest BCUT2D eigenvalue weighted by Gasteiger charge is 2.34. The Morgan fingerprint density at radius 3 is 2.65 bits per heavy atom. The van der Waals surface area contributed by atoms with E-state index >= 15 is 0 Å². The molecule has 2 aromatic rings. The number of amides is 2. The number of nitrogens with one attached hydrogen (secondary N) is 1. The van der Waals surface area contributed by atoms with Crippen LogP contribution in [0.2, 0.25) is 5.02 Å². The summed E-state index contributed by atoms with van der Waals surface area (Å²) in [7, 11) is 0. The fourth-order valence-corrected chi connectivity index (χ4v) is 2.79. The maximum absolute atomic E-state index is 12.5. The minimum Gasteiger partial charge on any atom is -0.323 e. The first-order valence-corrected chi connectivity index (χ1v) is 7.72. The van der Waals surface area contributed by atoms with E-state index in [0.29, 0.717) is 17.3 Å². The molecule has 0 unspecified atom stereocenters. The maximum atomic E-state index is 12.5. The van der Waals surface area contributed by atoms with Crippen LogP contribution in [-0.4, -0.2) is 46.0 Å². The molecule has 1 atom stereocenters. The van der Waals surface area contributed by atoms with Crippen molar-refractivity contribution >= 4 is 29.1 Å². The Kier molecular flexibility index (Phi) is 4.09. The molecule has 1 aliphatic rings. The van der Waals surface area contributed by atoms with Crippen molar-refractivity contribution in [3.8, 4) is 0 Å². The number of anilines is 1. The average molecular weight is 333 g/mol. The molecule has 1 N–H and O–H groups in total. The molecule has 0 aliphatic carbocycles. The highest BCUT2D eigenvalue weighted by atomic mass is 35.5. The smallest absolute Gasteiger partial charge is 0.275 e. The van der Waals surface area contributed by atoms with Crippen LogP contribution in [0, 0.1) is 6.92 Å². The fraction of sp³-hybridized carbons (Fsp3) is 0.312. The van der Waals surface area contributed by atoms with Crippen LogP contribution in [0.5, 0.6) is 0 Å². The van der Waals surface area contributed by atoms with Crippen LogP contribution in [0.25, 0.3) is 0 Å². The molecule has 0 saturated carbocycles. The molecule has 1 aromatic carbocycles. The third kappa shape index (κ3) is 3.07. The van der Waals surface area contributed by atoms with Gasteiger partial charge in [-0.15, -0.1) is 0 Å². The van der Waals surface area contributed by atoms with Crippen LogP contribution in [0.15, 0.2) is 30.3 Å². The second-order valence-corrected chi connectivity index (χ2v) is 6.14. The number of piperazine rings is 1. The zero-order valence-electron chi connectivity index (χ0n) is 12.9. The van der Waals surface area contributed by atoms with Gasteiger partial charge in [-0.05, 0) is 44.2 Å². The van der Waals surface area contributed by atoms with Crippen molar-refractivity contribution in [2.45, 2.75) is 19.9 Å². The molecule has 3 rings (SSSR count). The van der Waals surface area contributed by atoms with Crippen molar-refractivity contribution in [3.63, 3.8) is 0 Å². The minimum atomic E-state index is -0.231. The Labute approximate surface area is 139 Å². The Morgan fingerprint density at radius 1 is 1.35 bits per heavy atom. The van der Waals surface area contributed by atoms with E-state index in [9.17, 15) is 9.59 Å². The fourth-order valence-electron chi connectivity index (χ4n) is 2.67. The lowest BCUT2D eigenvalue weighted by atomic mass is 10.1. The summed E-state index contributed by atoms with van der Waals surface area (Å²) < 4.78 is 0. The number of carbonyl (C=O) groups excluding carboxylic acids is 2. The predicted octanol–water partition coefficient (Wildman–Crippen LogP) is 2.25. The number of aromatic nitrogens is 2. The zero-order valence-corrected chi connectivity index (χ0v) is 13.7. The third-order valence-corrected chi connectivity index (χ3v) is 4.16. The van der Waals surface area contributed by atoms with Crippen LogP contribution < -0.4 is 4.90 Å². The van der Waals surface area contributed by atoms with Gasteiger partial charge in [-0.2, -0.15) is 5.10 Å².